The number of amides is 5. The maximum atomic E-state index is 14.3. The van der Waals surface area contributed by atoms with Crippen molar-refractivity contribution in [1.29, 1.82) is 0 Å². The fourth-order valence-electron chi connectivity index (χ4n) is 6.51. The van der Waals surface area contributed by atoms with E-state index >= 15 is 0 Å². The standard InChI is InChI=1S/C32H57N7O7S/c1-10-11-14-34-47(45,46)35-16-21(30(2,3)4)37-29(44)38-25(31(5,6)7)28(43)39-17-19-22(32(19,8)9)23(39)27(42)36-20(15-18-12-13-18)24(40)26(33)41/h18-23,25,34-35H,10-17H2,1-9H3,(H2,33,41)(H,36,42)(H2,37,38,44)/t19-,20?,21+,22-,23-,25+/m0/s1. The molecule has 1 saturated heterocycles. The first kappa shape index (κ1) is 38.7. The third-order valence-electron chi connectivity index (χ3n) is 9.94. The Kier molecular flexibility index (Phi) is 11.8. The molecule has 3 fully saturated rings. The molecule has 3 rings (SSSR count). The average Bonchev–Trinajstić information content (AvgIpc) is 3.79. The van der Waals surface area contributed by atoms with Crippen LogP contribution in [-0.2, 0) is 29.4 Å². The van der Waals surface area contributed by atoms with Crippen molar-refractivity contribution in [1.82, 2.24) is 30.3 Å². The van der Waals surface area contributed by atoms with Crippen molar-refractivity contribution in [2.45, 2.75) is 119 Å². The van der Waals surface area contributed by atoms with Crippen LogP contribution in [0.3, 0.4) is 0 Å². The lowest BCUT2D eigenvalue weighted by Gasteiger charge is -2.38. The van der Waals surface area contributed by atoms with Crippen LogP contribution in [0.1, 0.15) is 94.4 Å². The maximum absolute atomic E-state index is 14.3. The molecule has 0 bridgehead atoms. The minimum Gasteiger partial charge on any atom is -0.363 e. The Morgan fingerprint density at radius 2 is 1.55 bits per heavy atom. The second-order valence-electron chi connectivity index (χ2n) is 16.3. The number of unbranched alkanes of at least 4 members (excludes halogenated alkanes) is 1. The first-order valence-electron chi connectivity index (χ1n) is 16.8. The lowest BCUT2D eigenvalue weighted by atomic mass is 9.85. The third-order valence-corrected chi connectivity index (χ3v) is 11.1. The Morgan fingerprint density at radius 3 is 2.06 bits per heavy atom. The zero-order chi connectivity index (χ0) is 35.7. The van der Waals surface area contributed by atoms with Crippen LogP contribution in [0.25, 0.3) is 0 Å². The molecule has 268 valence electrons. The quantitative estimate of drug-likeness (QED) is 0.103. The molecular weight excluding hydrogens is 626 g/mol. The van der Waals surface area contributed by atoms with Gasteiger partial charge in [-0.05, 0) is 46.8 Å². The summed E-state index contributed by atoms with van der Waals surface area (Å²) < 4.78 is 29.9. The number of nitrogens with one attached hydrogen (secondary N) is 5. The highest BCUT2D eigenvalue weighted by Crippen LogP contribution is 2.65. The van der Waals surface area contributed by atoms with Gasteiger partial charge in [0.1, 0.15) is 12.1 Å². The second kappa shape index (κ2) is 14.4. The lowest BCUT2D eigenvalue weighted by molar-refractivity contribution is -0.145. The summed E-state index contributed by atoms with van der Waals surface area (Å²) in [7, 11) is -3.78. The van der Waals surface area contributed by atoms with Crippen LogP contribution in [0.15, 0.2) is 0 Å². The van der Waals surface area contributed by atoms with Crippen molar-refractivity contribution in [3.05, 3.63) is 0 Å². The van der Waals surface area contributed by atoms with Crippen LogP contribution in [0, 0.1) is 34.0 Å². The molecule has 5 amide bonds. The van der Waals surface area contributed by atoms with Gasteiger partial charge in [0, 0.05) is 25.7 Å². The number of likely N-dealkylation sites (tertiary alicyclic amines) is 1. The molecule has 2 aliphatic carbocycles. The molecule has 1 heterocycles. The number of urea groups is 1. The predicted molar refractivity (Wildman–Crippen MR) is 178 cm³/mol. The van der Waals surface area contributed by atoms with E-state index in [4.69, 9.17) is 5.73 Å². The van der Waals surface area contributed by atoms with Gasteiger partial charge in [0.25, 0.3) is 16.1 Å². The summed E-state index contributed by atoms with van der Waals surface area (Å²) in [6, 6.07) is -4.27. The molecule has 14 nitrogen and oxygen atoms in total. The molecule has 15 heteroatoms. The van der Waals surface area contributed by atoms with Crippen LogP contribution < -0.4 is 31.1 Å². The predicted octanol–water partition coefficient (Wildman–Crippen LogP) is 1.16. The van der Waals surface area contributed by atoms with Gasteiger partial charge in [0.05, 0.1) is 6.04 Å². The van der Waals surface area contributed by atoms with Gasteiger partial charge in [-0.3, -0.25) is 19.2 Å². The number of hydrogen-bond donors (Lipinski definition) is 6. The summed E-state index contributed by atoms with van der Waals surface area (Å²) in [5.74, 6) is -2.80. The molecule has 7 N–H and O–H groups in total. The molecule has 0 spiro atoms. The number of carbonyl (C=O) groups is 5. The fourth-order valence-corrected chi connectivity index (χ4v) is 7.41. The number of ketones is 1. The Morgan fingerprint density at radius 1 is 0.936 bits per heavy atom. The Bertz CT molecular complexity index is 1320. The van der Waals surface area contributed by atoms with Crippen molar-refractivity contribution in [2.75, 3.05) is 19.6 Å². The first-order valence-corrected chi connectivity index (χ1v) is 18.2. The van der Waals surface area contributed by atoms with Gasteiger partial charge in [0.2, 0.25) is 17.6 Å². The summed E-state index contributed by atoms with van der Waals surface area (Å²) in [6.07, 6.45) is 3.65. The molecule has 0 aromatic rings. The number of fused-ring (bicyclic) bond motifs is 1. The largest absolute Gasteiger partial charge is 0.363 e. The van der Waals surface area contributed by atoms with Gasteiger partial charge in [-0.25, -0.2) is 14.2 Å². The topological polar surface area (TPSA) is 209 Å². The summed E-state index contributed by atoms with van der Waals surface area (Å²) in [6.45, 7) is 17.6. The van der Waals surface area contributed by atoms with Crippen molar-refractivity contribution in [3.8, 4) is 0 Å². The van der Waals surface area contributed by atoms with Gasteiger partial charge >= 0.3 is 6.03 Å². The van der Waals surface area contributed by atoms with Gasteiger partial charge in [0.15, 0.2) is 0 Å². The first-order chi connectivity index (χ1) is 21.5. The third kappa shape index (κ3) is 9.88. The highest BCUT2D eigenvalue weighted by atomic mass is 32.2. The van der Waals surface area contributed by atoms with Crippen LogP contribution in [0.5, 0.6) is 0 Å². The molecule has 0 radical (unpaired) electrons. The molecular formula is C32H57N7O7S. The zero-order valence-corrected chi connectivity index (χ0v) is 30.3. The fraction of sp³-hybridized carbons (Fsp3) is 0.844. The number of Topliss-reactive ketones (excluding diaryl/α,β-unsaturated/α-hetero) is 1. The van der Waals surface area contributed by atoms with Crippen LogP contribution in [0.2, 0.25) is 0 Å². The SMILES string of the molecule is CCCCNS(=O)(=O)NC[C@@H](NC(=O)N[C@H](C(=O)N1C[C@H]2[C@@H]([C@H]1C(=O)NC(CC1CC1)C(=O)C(N)=O)C2(C)C)C(C)(C)C)C(C)(C)C. The monoisotopic (exact) mass is 683 g/mol. The Labute approximate surface area is 280 Å². The minimum absolute atomic E-state index is 0.0506. The number of piperidine rings is 1. The van der Waals surface area contributed by atoms with E-state index in [-0.39, 0.29) is 29.7 Å². The number of primary amides is 1. The Hall–Kier alpha value is -2.78. The molecule has 2 saturated carbocycles. The van der Waals surface area contributed by atoms with Crippen molar-refractivity contribution in [3.63, 3.8) is 0 Å². The smallest absolute Gasteiger partial charge is 0.315 e. The van der Waals surface area contributed by atoms with Gasteiger partial charge in [-0.15, -0.1) is 0 Å². The summed E-state index contributed by atoms with van der Waals surface area (Å²) in [5, 5.41) is 8.41. The highest BCUT2D eigenvalue weighted by molar-refractivity contribution is 7.87. The molecule has 47 heavy (non-hydrogen) atoms. The molecule has 3 aliphatic rings. The molecule has 1 unspecified atom stereocenters. The van der Waals surface area contributed by atoms with E-state index in [1.165, 1.54) is 4.90 Å². The normalized spacial score (nSPS) is 24.0. The zero-order valence-electron chi connectivity index (χ0n) is 29.5. The summed E-state index contributed by atoms with van der Waals surface area (Å²) in [5.41, 5.74) is 3.77. The van der Waals surface area contributed by atoms with Gasteiger partial charge in [-0.1, -0.05) is 81.6 Å². The van der Waals surface area contributed by atoms with Crippen molar-refractivity contribution < 1.29 is 32.4 Å². The van der Waals surface area contributed by atoms with E-state index in [0.29, 0.717) is 25.9 Å². The van der Waals surface area contributed by atoms with E-state index in [9.17, 15) is 32.4 Å². The number of carbonyl (C=O) groups excluding carboxylic acids is 5. The number of nitrogens with zero attached hydrogens (tertiary/aromatic N) is 1. The second-order valence-corrected chi connectivity index (χ2v) is 17.9. The highest BCUT2D eigenvalue weighted by Gasteiger charge is 2.70. The maximum Gasteiger partial charge on any atom is 0.315 e. The number of nitrogens with two attached hydrogens (primary N) is 1. The van der Waals surface area contributed by atoms with Gasteiger partial charge in [-0.2, -0.15) is 8.42 Å². The molecule has 0 aromatic carbocycles. The Balaban J connectivity index is 1.77. The minimum atomic E-state index is -3.78. The van der Waals surface area contributed by atoms with Crippen molar-refractivity contribution in [2.24, 2.45) is 39.7 Å². The van der Waals surface area contributed by atoms with Crippen molar-refractivity contribution >= 4 is 39.7 Å². The molecule has 6 atom stereocenters. The van der Waals surface area contributed by atoms with E-state index in [1.54, 1.807) is 20.8 Å². The average molecular weight is 684 g/mol. The number of rotatable bonds is 16. The van der Waals surface area contributed by atoms with E-state index in [2.05, 4.69) is 25.4 Å². The number of hydrogen-bond acceptors (Lipinski definition) is 7. The van der Waals surface area contributed by atoms with Crippen LogP contribution >= 0.6 is 0 Å². The molecule has 1 aliphatic heterocycles. The van der Waals surface area contributed by atoms with E-state index < -0.39 is 74.7 Å². The van der Waals surface area contributed by atoms with Gasteiger partial charge < -0.3 is 26.6 Å². The molecule has 0 aromatic heterocycles. The van der Waals surface area contributed by atoms with E-state index in [1.807, 2.05) is 41.5 Å². The lowest BCUT2D eigenvalue weighted by Crippen LogP contribution is -2.62. The van der Waals surface area contributed by atoms with Crippen LogP contribution in [0.4, 0.5) is 4.79 Å². The summed E-state index contributed by atoms with van der Waals surface area (Å²) >= 11 is 0. The van der Waals surface area contributed by atoms with E-state index in [0.717, 1.165) is 19.3 Å². The van der Waals surface area contributed by atoms with Crippen LogP contribution in [-0.4, -0.2) is 86.7 Å². The summed E-state index contributed by atoms with van der Waals surface area (Å²) in [4.78, 5) is 67.4.